The highest BCUT2D eigenvalue weighted by molar-refractivity contribution is 6.06. The summed E-state index contributed by atoms with van der Waals surface area (Å²) in [5, 5.41) is 2.75. The van der Waals surface area contributed by atoms with Crippen LogP contribution in [0.25, 0.3) is 0 Å². The molecule has 0 bridgehead atoms. The molecule has 3 N–H and O–H groups in total. The summed E-state index contributed by atoms with van der Waals surface area (Å²) in [7, 11) is 0. The number of benzene rings is 1. The third-order valence-electron chi connectivity index (χ3n) is 2.54. The Hall–Kier alpha value is -2.10. The fourth-order valence-electron chi connectivity index (χ4n) is 1.62. The van der Waals surface area contributed by atoms with Crippen molar-refractivity contribution in [3.05, 3.63) is 42.0 Å². The molecule has 4 heteroatoms. The van der Waals surface area contributed by atoms with Crippen LogP contribution in [0.4, 0.5) is 5.69 Å². The first-order chi connectivity index (χ1) is 8.41. The zero-order valence-corrected chi connectivity index (χ0v) is 10.7. The lowest BCUT2D eigenvalue weighted by Gasteiger charge is -2.14. The van der Waals surface area contributed by atoms with Crippen molar-refractivity contribution >= 4 is 17.5 Å². The molecule has 0 saturated carbocycles. The van der Waals surface area contributed by atoms with E-state index in [-0.39, 0.29) is 17.9 Å². The lowest BCUT2D eigenvalue weighted by atomic mass is 10.0. The van der Waals surface area contributed by atoms with E-state index in [1.54, 1.807) is 0 Å². The van der Waals surface area contributed by atoms with E-state index >= 15 is 0 Å². The number of carbonyl (C=O) groups is 2. The Kier molecular flexibility index (Phi) is 4.66. The van der Waals surface area contributed by atoms with Gasteiger partial charge < -0.3 is 11.1 Å². The monoisotopic (exact) mass is 246 g/mol. The molecule has 0 atom stereocenters. The average molecular weight is 246 g/mol. The largest absolute Gasteiger partial charge is 0.369 e. The van der Waals surface area contributed by atoms with Crippen molar-refractivity contribution in [3.63, 3.8) is 0 Å². The maximum atomic E-state index is 11.8. The highest BCUT2D eigenvalue weighted by atomic mass is 16.2. The van der Waals surface area contributed by atoms with Gasteiger partial charge in [-0.2, -0.15) is 0 Å². The number of amides is 2. The quantitative estimate of drug-likeness (QED) is 0.781. The van der Waals surface area contributed by atoms with Gasteiger partial charge in [-0.1, -0.05) is 38.6 Å². The van der Waals surface area contributed by atoms with Crippen LogP contribution < -0.4 is 11.1 Å². The third-order valence-corrected chi connectivity index (χ3v) is 2.54. The summed E-state index contributed by atoms with van der Waals surface area (Å²) in [5.41, 5.74) is 6.97. The van der Waals surface area contributed by atoms with Gasteiger partial charge in [-0.3, -0.25) is 9.59 Å². The molecule has 0 spiro atoms. The summed E-state index contributed by atoms with van der Waals surface area (Å²) in [6.45, 7) is 7.64. The number of rotatable bonds is 5. The maximum Gasteiger partial charge on any atom is 0.251 e. The molecule has 0 aromatic heterocycles. The van der Waals surface area contributed by atoms with E-state index < -0.39 is 5.91 Å². The molecular weight excluding hydrogens is 228 g/mol. The Morgan fingerprint density at radius 2 is 1.94 bits per heavy atom. The first-order valence-electron chi connectivity index (χ1n) is 5.78. The van der Waals surface area contributed by atoms with Gasteiger partial charge in [0, 0.05) is 11.3 Å². The van der Waals surface area contributed by atoms with Crippen molar-refractivity contribution in [2.75, 3.05) is 5.32 Å². The van der Waals surface area contributed by atoms with Crippen molar-refractivity contribution in [2.24, 2.45) is 5.73 Å². The molecule has 0 aliphatic rings. The fraction of sp³-hybridized carbons (Fsp3) is 0.286. The molecule has 0 aliphatic carbocycles. The summed E-state index contributed by atoms with van der Waals surface area (Å²) in [6.07, 6.45) is -0.129. The van der Waals surface area contributed by atoms with Crippen molar-refractivity contribution < 1.29 is 9.59 Å². The first kappa shape index (κ1) is 14.0. The molecule has 0 heterocycles. The van der Waals surface area contributed by atoms with E-state index in [1.165, 1.54) is 0 Å². The minimum atomic E-state index is -0.563. The molecule has 0 unspecified atom stereocenters. The minimum Gasteiger partial charge on any atom is -0.369 e. The number of para-hydroxylation sites is 1. The lowest BCUT2D eigenvalue weighted by molar-refractivity contribution is -0.119. The van der Waals surface area contributed by atoms with Gasteiger partial charge in [0.25, 0.3) is 5.91 Å². The van der Waals surface area contributed by atoms with E-state index in [2.05, 4.69) is 11.9 Å². The number of nitrogens with one attached hydrogen (secondary N) is 1. The van der Waals surface area contributed by atoms with Gasteiger partial charge in [0.05, 0.1) is 6.42 Å². The number of nitrogens with two attached hydrogens (primary N) is 1. The Bertz CT molecular complexity index is 478. The lowest BCUT2D eigenvalue weighted by Crippen LogP contribution is -2.20. The molecule has 1 aromatic rings. The second-order valence-electron chi connectivity index (χ2n) is 4.44. The van der Waals surface area contributed by atoms with Crippen molar-refractivity contribution in [1.82, 2.24) is 0 Å². The predicted molar refractivity (Wildman–Crippen MR) is 72.1 cm³/mol. The Labute approximate surface area is 107 Å². The summed E-state index contributed by atoms with van der Waals surface area (Å²) >= 11 is 0. The van der Waals surface area contributed by atoms with Crippen LogP contribution in [-0.2, 0) is 9.59 Å². The fourth-order valence-corrected chi connectivity index (χ4v) is 1.62. The van der Waals surface area contributed by atoms with E-state index in [0.717, 1.165) is 11.3 Å². The SMILES string of the molecule is C=C(CC(N)=O)C(=O)Nc1ccccc1C(C)C. The van der Waals surface area contributed by atoms with Crippen LogP contribution in [0.5, 0.6) is 0 Å². The van der Waals surface area contributed by atoms with Crippen molar-refractivity contribution in [1.29, 1.82) is 0 Å². The van der Waals surface area contributed by atoms with Crippen LogP contribution in [0.1, 0.15) is 31.7 Å². The molecular formula is C14H18N2O2. The van der Waals surface area contributed by atoms with Crippen LogP contribution in [0.15, 0.2) is 36.4 Å². The van der Waals surface area contributed by atoms with Gasteiger partial charge in [-0.15, -0.1) is 0 Å². The van der Waals surface area contributed by atoms with E-state index in [9.17, 15) is 9.59 Å². The highest BCUT2D eigenvalue weighted by Gasteiger charge is 2.12. The van der Waals surface area contributed by atoms with Gasteiger partial charge >= 0.3 is 0 Å². The molecule has 1 aromatic carbocycles. The molecule has 0 saturated heterocycles. The number of hydrogen-bond donors (Lipinski definition) is 2. The minimum absolute atomic E-state index is 0.129. The van der Waals surface area contributed by atoms with Crippen LogP contribution in [0.3, 0.4) is 0 Å². The number of hydrogen-bond acceptors (Lipinski definition) is 2. The molecule has 0 aliphatic heterocycles. The zero-order valence-electron chi connectivity index (χ0n) is 10.7. The van der Waals surface area contributed by atoms with Crippen LogP contribution in [-0.4, -0.2) is 11.8 Å². The second kappa shape index (κ2) is 6.00. The summed E-state index contributed by atoms with van der Waals surface area (Å²) in [5.74, 6) is -0.639. The van der Waals surface area contributed by atoms with Crippen LogP contribution in [0.2, 0.25) is 0 Å². The Balaban J connectivity index is 2.82. The summed E-state index contributed by atoms with van der Waals surface area (Å²) < 4.78 is 0. The third kappa shape index (κ3) is 3.73. The predicted octanol–water partition coefficient (Wildman–Crippen LogP) is 2.18. The van der Waals surface area contributed by atoms with Crippen molar-refractivity contribution in [2.45, 2.75) is 26.2 Å². The van der Waals surface area contributed by atoms with Crippen molar-refractivity contribution in [3.8, 4) is 0 Å². The molecule has 2 amide bonds. The highest BCUT2D eigenvalue weighted by Crippen LogP contribution is 2.24. The molecule has 96 valence electrons. The van der Waals surface area contributed by atoms with E-state index in [0.29, 0.717) is 5.92 Å². The summed E-state index contributed by atoms with van der Waals surface area (Å²) in [4.78, 5) is 22.5. The van der Waals surface area contributed by atoms with E-state index in [1.807, 2.05) is 38.1 Å². The van der Waals surface area contributed by atoms with Crippen LogP contribution in [0, 0.1) is 0 Å². The molecule has 4 nitrogen and oxygen atoms in total. The smallest absolute Gasteiger partial charge is 0.251 e. The average Bonchev–Trinajstić information content (AvgIpc) is 2.28. The maximum absolute atomic E-state index is 11.8. The Morgan fingerprint density at radius 3 is 2.50 bits per heavy atom. The number of anilines is 1. The summed E-state index contributed by atoms with van der Waals surface area (Å²) in [6, 6.07) is 7.55. The zero-order chi connectivity index (χ0) is 13.7. The van der Waals surface area contributed by atoms with Gasteiger partial charge in [-0.05, 0) is 17.5 Å². The number of primary amides is 1. The molecule has 1 rings (SSSR count). The molecule has 0 fully saturated rings. The topological polar surface area (TPSA) is 72.2 Å². The van der Waals surface area contributed by atoms with Gasteiger partial charge in [0.2, 0.25) is 5.91 Å². The first-order valence-corrected chi connectivity index (χ1v) is 5.78. The van der Waals surface area contributed by atoms with Crippen LogP contribution >= 0.6 is 0 Å². The van der Waals surface area contributed by atoms with Gasteiger partial charge in [0.15, 0.2) is 0 Å². The van der Waals surface area contributed by atoms with Gasteiger partial charge in [-0.25, -0.2) is 0 Å². The van der Waals surface area contributed by atoms with Gasteiger partial charge in [0.1, 0.15) is 0 Å². The molecule has 18 heavy (non-hydrogen) atoms. The standard InChI is InChI=1S/C14H18N2O2/c1-9(2)11-6-4-5-7-12(11)16-14(18)10(3)8-13(15)17/h4-7,9H,3,8H2,1-2H3,(H2,15,17)(H,16,18). The Morgan fingerprint density at radius 1 is 1.33 bits per heavy atom. The second-order valence-corrected chi connectivity index (χ2v) is 4.44. The molecule has 0 radical (unpaired) electrons. The normalized spacial score (nSPS) is 10.2. The van der Waals surface area contributed by atoms with E-state index in [4.69, 9.17) is 5.73 Å². The number of carbonyl (C=O) groups excluding carboxylic acids is 2.